The van der Waals surface area contributed by atoms with Crippen LogP contribution in [0.3, 0.4) is 0 Å². The third-order valence-corrected chi connectivity index (χ3v) is 5.37. The smallest absolute Gasteiger partial charge is 0.390 e. The molecule has 21 heavy (non-hydrogen) atoms. The summed E-state index contributed by atoms with van der Waals surface area (Å²) in [5, 5.41) is 0. The van der Waals surface area contributed by atoms with E-state index in [1.54, 1.807) is 0 Å². The maximum atomic E-state index is 13.4. The van der Waals surface area contributed by atoms with Crippen LogP contribution < -0.4 is 0 Å². The summed E-state index contributed by atoms with van der Waals surface area (Å²) in [5.74, 6) is -9.73. The van der Waals surface area contributed by atoms with Crippen molar-refractivity contribution in [3.63, 3.8) is 0 Å². The number of halogens is 5. The number of benzene rings is 1. The molecule has 0 saturated carbocycles. The molecule has 0 unspecified atom stereocenters. The molecule has 1 rings (SSSR count). The van der Waals surface area contributed by atoms with Crippen LogP contribution in [0.1, 0.15) is 18.4 Å². The molecular weight excluding hydrogens is 315 g/mol. The van der Waals surface area contributed by atoms with Gasteiger partial charge in [0.05, 0.1) is 0 Å². The molecule has 0 aliphatic rings. The Balaban J connectivity index is 2.73. The van der Waals surface area contributed by atoms with Gasteiger partial charge in [-0.05, 0) is 19.3 Å². The van der Waals surface area contributed by atoms with Crippen LogP contribution in [-0.2, 0) is 15.3 Å². The average molecular weight is 330 g/mol. The van der Waals surface area contributed by atoms with Crippen LogP contribution in [-0.4, -0.2) is 27.8 Å². The standard InChI is InChI=1S/C12H15F5O3Si/c1-19-21(18,20-2)6-4-3-5-7-8(13)10(15)12(17)11(16)9(7)14/h18H,3-6H2,1-2H3. The fraction of sp³-hybridized carbons (Fsp3) is 0.500. The first-order valence-corrected chi connectivity index (χ1v) is 8.07. The molecule has 9 heteroatoms. The summed E-state index contributed by atoms with van der Waals surface area (Å²) in [5.41, 5.74) is -0.855. The van der Waals surface area contributed by atoms with Gasteiger partial charge in [-0.15, -0.1) is 0 Å². The zero-order valence-corrected chi connectivity index (χ0v) is 12.5. The van der Waals surface area contributed by atoms with Gasteiger partial charge in [-0.1, -0.05) is 0 Å². The van der Waals surface area contributed by atoms with Crippen LogP contribution >= 0.6 is 0 Å². The molecule has 0 amide bonds. The predicted molar refractivity (Wildman–Crippen MR) is 66.0 cm³/mol. The molecule has 0 spiro atoms. The molecule has 0 aliphatic carbocycles. The van der Waals surface area contributed by atoms with E-state index in [1.165, 1.54) is 14.2 Å². The van der Waals surface area contributed by atoms with Crippen molar-refractivity contribution in [3.05, 3.63) is 34.6 Å². The summed E-state index contributed by atoms with van der Waals surface area (Å²) >= 11 is 0. The largest absolute Gasteiger partial charge is 0.497 e. The summed E-state index contributed by atoms with van der Waals surface area (Å²) in [6, 6.07) is 0.120. The van der Waals surface area contributed by atoms with Gasteiger partial charge in [-0.25, -0.2) is 22.0 Å². The second kappa shape index (κ2) is 7.30. The van der Waals surface area contributed by atoms with E-state index in [4.69, 9.17) is 8.85 Å². The zero-order valence-electron chi connectivity index (χ0n) is 11.5. The lowest BCUT2D eigenvalue weighted by molar-refractivity contribution is 0.150. The van der Waals surface area contributed by atoms with E-state index in [1.807, 2.05) is 0 Å². The maximum Gasteiger partial charge on any atom is 0.497 e. The highest BCUT2D eigenvalue weighted by Gasteiger charge is 2.33. The highest BCUT2D eigenvalue weighted by atomic mass is 28.4. The molecule has 1 N–H and O–H groups in total. The maximum absolute atomic E-state index is 13.4. The molecule has 0 fully saturated rings. The van der Waals surface area contributed by atoms with Crippen molar-refractivity contribution in [1.82, 2.24) is 0 Å². The first-order valence-electron chi connectivity index (χ1n) is 6.10. The van der Waals surface area contributed by atoms with Crippen molar-refractivity contribution in [2.75, 3.05) is 14.2 Å². The van der Waals surface area contributed by atoms with Crippen molar-refractivity contribution in [1.29, 1.82) is 0 Å². The molecule has 0 radical (unpaired) electrons. The Labute approximate surface area is 119 Å². The van der Waals surface area contributed by atoms with Crippen molar-refractivity contribution in [2.24, 2.45) is 0 Å². The Morgan fingerprint density at radius 1 is 0.810 bits per heavy atom. The lowest BCUT2D eigenvalue weighted by atomic mass is 10.1. The number of rotatable bonds is 7. The first kappa shape index (κ1) is 18.0. The van der Waals surface area contributed by atoms with Crippen LogP contribution in [0.2, 0.25) is 6.04 Å². The molecular formula is C12H15F5O3Si. The molecule has 0 atom stereocenters. The summed E-state index contributed by atoms with van der Waals surface area (Å²) < 4.78 is 75.2. The summed E-state index contributed by atoms with van der Waals surface area (Å²) in [7, 11) is -0.762. The second-order valence-corrected chi connectivity index (χ2v) is 7.12. The quantitative estimate of drug-likeness (QED) is 0.275. The van der Waals surface area contributed by atoms with E-state index in [0.29, 0.717) is 0 Å². The predicted octanol–water partition coefficient (Wildman–Crippen LogP) is 2.93. The fourth-order valence-corrected chi connectivity index (χ4v) is 3.08. The molecule has 0 bridgehead atoms. The van der Waals surface area contributed by atoms with Crippen LogP contribution in [0, 0.1) is 29.1 Å². The van der Waals surface area contributed by atoms with Gasteiger partial charge in [0.1, 0.15) is 0 Å². The van der Waals surface area contributed by atoms with Gasteiger partial charge < -0.3 is 13.6 Å². The molecule has 0 saturated heterocycles. The van der Waals surface area contributed by atoms with Gasteiger partial charge in [0.25, 0.3) is 0 Å². The van der Waals surface area contributed by atoms with Crippen LogP contribution in [0.15, 0.2) is 0 Å². The van der Waals surface area contributed by atoms with Gasteiger partial charge in [-0.3, -0.25) is 0 Å². The van der Waals surface area contributed by atoms with Gasteiger partial charge in [0.15, 0.2) is 23.3 Å². The Kier molecular flexibility index (Phi) is 6.26. The fourth-order valence-electron chi connectivity index (χ4n) is 1.81. The van der Waals surface area contributed by atoms with E-state index in [9.17, 15) is 26.7 Å². The minimum absolute atomic E-state index is 0.111. The lowest BCUT2D eigenvalue weighted by Gasteiger charge is -2.19. The van der Waals surface area contributed by atoms with Crippen molar-refractivity contribution in [3.8, 4) is 0 Å². The van der Waals surface area contributed by atoms with Crippen LogP contribution in [0.5, 0.6) is 0 Å². The molecule has 3 nitrogen and oxygen atoms in total. The summed E-state index contributed by atoms with van der Waals surface area (Å²) in [4.78, 5) is 9.74. The number of unbranched alkanes of at least 4 members (excludes halogenated alkanes) is 1. The van der Waals surface area contributed by atoms with Crippen molar-refractivity contribution >= 4 is 8.80 Å². The Hall–Kier alpha value is -1.03. The van der Waals surface area contributed by atoms with E-state index < -0.39 is 43.5 Å². The van der Waals surface area contributed by atoms with E-state index in [0.717, 1.165) is 0 Å². The molecule has 0 heterocycles. The van der Waals surface area contributed by atoms with Crippen molar-refractivity contribution in [2.45, 2.75) is 25.3 Å². The molecule has 120 valence electrons. The van der Waals surface area contributed by atoms with Gasteiger partial charge in [0, 0.05) is 25.8 Å². The molecule has 0 aliphatic heterocycles. The SMILES string of the molecule is CO[Si](O)(CCCCc1c(F)c(F)c(F)c(F)c1F)OC. The minimum atomic E-state index is -3.29. The normalized spacial score (nSPS) is 12.0. The lowest BCUT2D eigenvalue weighted by Crippen LogP contribution is -2.39. The Morgan fingerprint density at radius 3 is 1.67 bits per heavy atom. The number of hydrogen-bond donors (Lipinski definition) is 1. The highest BCUT2D eigenvalue weighted by molar-refractivity contribution is 6.59. The second-order valence-electron chi connectivity index (χ2n) is 4.38. The summed E-state index contributed by atoms with van der Waals surface area (Å²) in [6.07, 6.45) is 0.0218. The highest BCUT2D eigenvalue weighted by Crippen LogP contribution is 2.25. The third kappa shape index (κ3) is 4.00. The van der Waals surface area contributed by atoms with Crippen LogP contribution in [0.4, 0.5) is 22.0 Å². The Morgan fingerprint density at radius 2 is 1.24 bits per heavy atom. The molecule has 1 aromatic carbocycles. The third-order valence-electron chi connectivity index (χ3n) is 3.11. The average Bonchev–Trinajstić information content (AvgIpc) is 2.50. The van der Waals surface area contributed by atoms with Crippen molar-refractivity contribution < 1.29 is 35.6 Å². The number of hydrogen-bond acceptors (Lipinski definition) is 3. The summed E-state index contributed by atoms with van der Waals surface area (Å²) in [6.45, 7) is 0. The van der Waals surface area contributed by atoms with Gasteiger partial charge in [0.2, 0.25) is 5.82 Å². The first-order chi connectivity index (χ1) is 9.77. The van der Waals surface area contributed by atoms with Crippen LogP contribution in [0.25, 0.3) is 0 Å². The molecule has 0 aromatic heterocycles. The van der Waals surface area contributed by atoms with Gasteiger partial charge in [-0.2, -0.15) is 0 Å². The van der Waals surface area contributed by atoms with E-state index in [2.05, 4.69) is 0 Å². The molecule has 1 aromatic rings. The monoisotopic (exact) mass is 330 g/mol. The van der Waals surface area contributed by atoms with E-state index >= 15 is 0 Å². The Bertz CT molecular complexity index is 479. The van der Waals surface area contributed by atoms with Gasteiger partial charge >= 0.3 is 8.80 Å². The minimum Gasteiger partial charge on any atom is -0.390 e. The van der Waals surface area contributed by atoms with E-state index in [-0.39, 0.29) is 25.3 Å². The zero-order chi connectivity index (χ0) is 16.2. The topological polar surface area (TPSA) is 38.7 Å².